The SMILES string of the molecule is CCCCCNc1[c]cc(NCCCCC)cc1. The normalized spacial score (nSPS) is 10.3. The Labute approximate surface area is 112 Å². The molecule has 2 N–H and O–H groups in total. The molecule has 1 rings (SSSR count). The van der Waals surface area contributed by atoms with E-state index in [4.69, 9.17) is 0 Å². The van der Waals surface area contributed by atoms with Crippen molar-refractivity contribution in [1.82, 2.24) is 0 Å². The van der Waals surface area contributed by atoms with Gasteiger partial charge in [0.2, 0.25) is 0 Å². The average molecular weight is 247 g/mol. The van der Waals surface area contributed by atoms with Gasteiger partial charge >= 0.3 is 0 Å². The zero-order valence-electron chi connectivity index (χ0n) is 11.9. The van der Waals surface area contributed by atoms with Crippen LogP contribution in [0.4, 0.5) is 11.4 Å². The van der Waals surface area contributed by atoms with Crippen LogP contribution in [0, 0.1) is 6.07 Å². The molecule has 18 heavy (non-hydrogen) atoms. The Morgan fingerprint density at radius 2 is 1.56 bits per heavy atom. The van der Waals surface area contributed by atoms with Gasteiger partial charge in [-0.15, -0.1) is 0 Å². The molecule has 0 bridgehead atoms. The lowest BCUT2D eigenvalue weighted by Crippen LogP contribution is -2.03. The second kappa shape index (κ2) is 9.81. The van der Waals surface area contributed by atoms with Crippen molar-refractivity contribution < 1.29 is 0 Å². The number of unbranched alkanes of at least 4 members (excludes halogenated alkanes) is 4. The van der Waals surface area contributed by atoms with Gasteiger partial charge in [0.15, 0.2) is 0 Å². The summed E-state index contributed by atoms with van der Waals surface area (Å²) in [6, 6.07) is 9.55. The summed E-state index contributed by atoms with van der Waals surface area (Å²) in [6.07, 6.45) is 7.62. The van der Waals surface area contributed by atoms with Crippen molar-refractivity contribution in [3.8, 4) is 0 Å². The van der Waals surface area contributed by atoms with Crippen LogP contribution in [0.15, 0.2) is 18.2 Å². The highest BCUT2D eigenvalue weighted by atomic mass is 14.9. The van der Waals surface area contributed by atoms with Crippen LogP contribution in [0.2, 0.25) is 0 Å². The first-order chi connectivity index (χ1) is 8.86. The Bertz CT molecular complexity index is 261. The molecule has 0 amide bonds. The summed E-state index contributed by atoms with van der Waals surface area (Å²) >= 11 is 0. The maximum Gasteiger partial charge on any atom is 0.0422 e. The Balaban J connectivity index is 2.20. The third kappa shape index (κ3) is 6.53. The van der Waals surface area contributed by atoms with Crippen LogP contribution in [0.3, 0.4) is 0 Å². The Hall–Kier alpha value is -1.18. The molecule has 2 heteroatoms. The minimum atomic E-state index is 1.05. The lowest BCUT2D eigenvalue weighted by molar-refractivity contribution is 0.743. The molecule has 0 atom stereocenters. The van der Waals surface area contributed by atoms with E-state index < -0.39 is 0 Å². The third-order valence-electron chi connectivity index (χ3n) is 3.02. The second-order valence-corrected chi connectivity index (χ2v) is 4.76. The molecule has 0 aromatic heterocycles. The molecule has 2 nitrogen and oxygen atoms in total. The minimum absolute atomic E-state index is 1.05. The van der Waals surface area contributed by atoms with Crippen molar-refractivity contribution in [2.75, 3.05) is 23.7 Å². The van der Waals surface area contributed by atoms with E-state index in [0.29, 0.717) is 0 Å². The van der Waals surface area contributed by atoms with Gasteiger partial charge < -0.3 is 10.6 Å². The summed E-state index contributed by atoms with van der Waals surface area (Å²) in [5.41, 5.74) is 2.27. The fourth-order valence-corrected chi connectivity index (χ4v) is 1.85. The van der Waals surface area contributed by atoms with E-state index >= 15 is 0 Å². The number of benzene rings is 1. The standard InChI is InChI=1S/C16H27N2/c1-3-5-7-13-17-15-9-11-16(12-10-15)18-14-8-6-4-2/h9-11,17-18H,3-8,13-14H2,1-2H3. The predicted molar refractivity (Wildman–Crippen MR) is 81.3 cm³/mol. The molecule has 0 saturated carbocycles. The van der Waals surface area contributed by atoms with E-state index in [1.54, 1.807) is 0 Å². The van der Waals surface area contributed by atoms with E-state index in [2.05, 4.69) is 42.7 Å². The van der Waals surface area contributed by atoms with Gasteiger partial charge in [-0.1, -0.05) is 39.5 Å². The fourth-order valence-electron chi connectivity index (χ4n) is 1.85. The van der Waals surface area contributed by atoms with Crippen LogP contribution >= 0.6 is 0 Å². The molecule has 0 aliphatic heterocycles. The summed E-state index contributed by atoms with van der Waals surface area (Å²) in [7, 11) is 0. The summed E-state index contributed by atoms with van der Waals surface area (Å²) in [5, 5.41) is 6.82. The monoisotopic (exact) mass is 247 g/mol. The molecule has 0 aliphatic carbocycles. The minimum Gasteiger partial charge on any atom is -0.385 e. The molecule has 0 spiro atoms. The number of hydrogen-bond donors (Lipinski definition) is 2. The van der Waals surface area contributed by atoms with Gasteiger partial charge in [0, 0.05) is 30.5 Å². The number of anilines is 2. The molecule has 0 fully saturated rings. The first kappa shape index (κ1) is 14.9. The molecule has 0 aliphatic rings. The van der Waals surface area contributed by atoms with Gasteiger partial charge in [-0.2, -0.15) is 0 Å². The molecule has 101 valence electrons. The van der Waals surface area contributed by atoms with Gasteiger partial charge in [0.25, 0.3) is 0 Å². The average Bonchev–Trinajstić information content (AvgIpc) is 2.41. The smallest absolute Gasteiger partial charge is 0.0422 e. The van der Waals surface area contributed by atoms with Gasteiger partial charge in [-0.25, -0.2) is 0 Å². The zero-order chi connectivity index (χ0) is 13.1. The van der Waals surface area contributed by atoms with E-state index in [1.165, 1.54) is 44.2 Å². The lowest BCUT2D eigenvalue weighted by Gasteiger charge is -2.08. The molecular formula is C16H27N2. The highest BCUT2D eigenvalue weighted by Crippen LogP contribution is 2.13. The summed E-state index contributed by atoms with van der Waals surface area (Å²) in [4.78, 5) is 0. The maximum atomic E-state index is 3.42. The van der Waals surface area contributed by atoms with Crippen molar-refractivity contribution in [3.63, 3.8) is 0 Å². The van der Waals surface area contributed by atoms with Gasteiger partial charge in [-0.3, -0.25) is 0 Å². The molecule has 1 radical (unpaired) electrons. The Morgan fingerprint density at radius 1 is 0.889 bits per heavy atom. The maximum absolute atomic E-state index is 3.42. The van der Waals surface area contributed by atoms with Crippen molar-refractivity contribution >= 4 is 11.4 Å². The predicted octanol–water partition coefficient (Wildman–Crippen LogP) is 4.69. The van der Waals surface area contributed by atoms with Gasteiger partial charge in [-0.05, 0) is 31.0 Å². The van der Waals surface area contributed by atoms with Gasteiger partial charge in [0.1, 0.15) is 0 Å². The van der Waals surface area contributed by atoms with E-state index in [0.717, 1.165) is 18.8 Å². The zero-order valence-corrected chi connectivity index (χ0v) is 11.9. The first-order valence-electron chi connectivity index (χ1n) is 7.36. The van der Waals surface area contributed by atoms with E-state index in [-0.39, 0.29) is 0 Å². The topological polar surface area (TPSA) is 24.1 Å². The summed E-state index contributed by atoms with van der Waals surface area (Å²) in [5.74, 6) is 0. The second-order valence-electron chi connectivity index (χ2n) is 4.76. The number of rotatable bonds is 10. The van der Waals surface area contributed by atoms with Crippen LogP contribution in [0.1, 0.15) is 52.4 Å². The fraction of sp³-hybridized carbons (Fsp3) is 0.625. The number of hydrogen-bond acceptors (Lipinski definition) is 2. The molecule has 1 aromatic rings. The van der Waals surface area contributed by atoms with Crippen molar-refractivity contribution in [3.05, 3.63) is 24.3 Å². The van der Waals surface area contributed by atoms with Crippen LogP contribution in [-0.2, 0) is 0 Å². The molecular weight excluding hydrogens is 220 g/mol. The Morgan fingerprint density at radius 3 is 2.11 bits per heavy atom. The highest BCUT2D eigenvalue weighted by molar-refractivity contribution is 5.52. The first-order valence-corrected chi connectivity index (χ1v) is 7.36. The van der Waals surface area contributed by atoms with Crippen molar-refractivity contribution in [1.29, 1.82) is 0 Å². The Kier molecular flexibility index (Phi) is 8.11. The molecule has 0 unspecified atom stereocenters. The summed E-state index contributed by atoms with van der Waals surface area (Å²) < 4.78 is 0. The van der Waals surface area contributed by atoms with Crippen LogP contribution < -0.4 is 10.6 Å². The van der Waals surface area contributed by atoms with Crippen molar-refractivity contribution in [2.45, 2.75) is 52.4 Å². The van der Waals surface area contributed by atoms with Gasteiger partial charge in [0.05, 0.1) is 0 Å². The quantitative estimate of drug-likeness (QED) is 0.586. The van der Waals surface area contributed by atoms with Crippen LogP contribution in [-0.4, -0.2) is 13.1 Å². The molecule has 1 aromatic carbocycles. The largest absolute Gasteiger partial charge is 0.385 e. The van der Waals surface area contributed by atoms with E-state index in [9.17, 15) is 0 Å². The lowest BCUT2D eigenvalue weighted by atomic mass is 10.2. The van der Waals surface area contributed by atoms with E-state index in [1.807, 2.05) is 6.07 Å². The highest BCUT2D eigenvalue weighted by Gasteiger charge is 1.94. The van der Waals surface area contributed by atoms with Crippen LogP contribution in [0.5, 0.6) is 0 Å². The molecule has 0 saturated heterocycles. The molecule has 0 heterocycles. The van der Waals surface area contributed by atoms with Crippen molar-refractivity contribution in [2.24, 2.45) is 0 Å². The number of nitrogens with one attached hydrogen (secondary N) is 2. The third-order valence-corrected chi connectivity index (χ3v) is 3.02. The van der Waals surface area contributed by atoms with Crippen LogP contribution in [0.25, 0.3) is 0 Å². The summed E-state index contributed by atoms with van der Waals surface area (Å²) in [6.45, 7) is 6.57.